The maximum atomic E-state index is 12.8. The van der Waals surface area contributed by atoms with E-state index in [0.717, 1.165) is 86.0 Å². The van der Waals surface area contributed by atoms with E-state index in [1.54, 1.807) is 47.0 Å². The number of alkyl halides is 3. The molecule has 2 fully saturated rings. The summed E-state index contributed by atoms with van der Waals surface area (Å²) >= 11 is 0. The number of halogens is 3. The van der Waals surface area contributed by atoms with E-state index in [9.17, 15) is 28.2 Å². The molecule has 0 unspecified atom stereocenters. The van der Waals surface area contributed by atoms with E-state index in [1.165, 1.54) is 0 Å². The van der Waals surface area contributed by atoms with Crippen LogP contribution in [-0.2, 0) is 20.3 Å². The van der Waals surface area contributed by atoms with Gasteiger partial charge in [0.05, 0.1) is 29.2 Å². The van der Waals surface area contributed by atoms with Gasteiger partial charge in [-0.25, -0.2) is 0 Å². The number of rotatable bonds is 12. The monoisotopic (exact) mass is 776 g/mol. The fourth-order valence-corrected chi connectivity index (χ4v) is 6.70. The number of carbonyl (C=O) groups is 1. The van der Waals surface area contributed by atoms with Crippen LogP contribution in [0.15, 0.2) is 85.2 Å². The molecule has 5 aromatic rings. The highest BCUT2D eigenvalue weighted by molar-refractivity contribution is 6.04. The van der Waals surface area contributed by atoms with Gasteiger partial charge < -0.3 is 30.7 Å². The molecule has 2 aliphatic rings. The van der Waals surface area contributed by atoms with Crippen molar-refractivity contribution in [2.75, 3.05) is 63.5 Å². The van der Waals surface area contributed by atoms with E-state index in [4.69, 9.17) is 15.2 Å². The molecule has 2 aliphatic heterocycles. The summed E-state index contributed by atoms with van der Waals surface area (Å²) in [5.41, 5.74) is 9.78. The first-order chi connectivity index (χ1) is 26.8. The van der Waals surface area contributed by atoms with Gasteiger partial charge in [0.15, 0.2) is 0 Å². The molecule has 13 nitrogen and oxygen atoms in total. The van der Waals surface area contributed by atoms with Crippen molar-refractivity contribution in [2.24, 2.45) is 14.1 Å². The molecule has 2 aromatic heterocycles. The zero-order valence-corrected chi connectivity index (χ0v) is 31.3. The van der Waals surface area contributed by atoms with Gasteiger partial charge in [-0.1, -0.05) is 0 Å². The maximum absolute atomic E-state index is 12.8. The van der Waals surface area contributed by atoms with Gasteiger partial charge in [0, 0.05) is 93.8 Å². The molecular formula is C40H47F3N8O5. The molecule has 0 saturated carbocycles. The lowest BCUT2D eigenvalue weighted by Crippen LogP contribution is -2.27. The van der Waals surface area contributed by atoms with E-state index < -0.39 is 17.6 Å². The van der Waals surface area contributed by atoms with Gasteiger partial charge in [0.25, 0.3) is 5.91 Å². The van der Waals surface area contributed by atoms with Crippen LogP contribution in [0.3, 0.4) is 0 Å². The number of likely N-dealkylation sites (tertiary alicyclic amines) is 2. The summed E-state index contributed by atoms with van der Waals surface area (Å²) in [6, 6.07) is 18.6. The van der Waals surface area contributed by atoms with Crippen molar-refractivity contribution >= 4 is 17.3 Å². The number of hydrogen-bond acceptors (Lipinski definition) is 10. The first-order valence-corrected chi connectivity index (χ1v) is 18.4. The maximum Gasteiger partial charge on any atom is 0.416 e. The van der Waals surface area contributed by atoms with Gasteiger partial charge in [-0.05, 0) is 85.6 Å². The van der Waals surface area contributed by atoms with Gasteiger partial charge in [-0.3, -0.25) is 24.0 Å². The summed E-state index contributed by atoms with van der Waals surface area (Å²) in [5, 5.41) is 30.3. The molecule has 1 amide bonds. The molecule has 7 rings (SSSR count). The van der Waals surface area contributed by atoms with Crippen molar-refractivity contribution < 1.29 is 37.7 Å². The Morgan fingerprint density at radius 2 is 1.30 bits per heavy atom. The molecule has 298 valence electrons. The third-order valence-electron chi connectivity index (χ3n) is 9.73. The number of nitrogens with one attached hydrogen (secondary N) is 1. The molecule has 5 N–H and O–H groups in total. The average molecular weight is 777 g/mol. The van der Waals surface area contributed by atoms with Crippen LogP contribution in [-0.4, -0.2) is 110 Å². The van der Waals surface area contributed by atoms with E-state index in [0.29, 0.717) is 49.0 Å². The molecule has 2 atom stereocenters. The minimum Gasteiger partial charge on any atom is -0.492 e. The number of aliphatic hydroxyl groups excluding tert-OH is 2. The van der Waals surface area contributed by atoms with Crippen LogP contribution < -0.4 is 20.5 Å². The highest BCUT2D eigenvalue weighted by Crippen LogP contribution is 2.34. The van der Waals surface area contributed by atoms with Crippen LogP contribution in [0.1, 0.15) is 28.8 Å². The Bertz CT molecular complexity index is 2070. The molecule has 4 heterocycles. The minimum absolute atomic E-state index is 0.114. The summed E-state index contributed by atoms with van der Waals surface area (Å²) in [6.45, 7) is 5.62. The molecule has 0 spiro atoms. The first kappa shape index (κ1) is 40.2. The number of β-amino-alcohol motifs (C(OH)–C–C–N with tert-alkyl or cyclic N) is 2. The smallest absolute Gasteiger partial charge is 0.416 e. The second kappa shape index (κ2) is 18.0. The average Bonchev–Trinajstić information content (AvgIpc) is 3.99. The number of aromatic nitrogens is 4. The number of nitrogens with zero attached hydrogens (tertiary/aromatic N) is 6. The second-order valence-corrected chi connectivity index (χ2v) is 13.9. The Balaban J connectivity index is 0.000000208. The summed E-state index contributed by atoms with van der Waals surface area (Å²) in [7, 11) is 3.69. The van der Waals surface area contributed by atoms with Gasteiger partial charge in [0.1, 0.15) is 24.7 Å². The van der Waals surface area contributed by atoms with Gasteiger partial charge >= 0.3 is 6.18 Å². The number of carbonyl (C=O) groups excluding carboxylic acids is 1. The molecule has 16 heteroatoms. The largest absolute Gasteiger partial charge is 0.492 e. The third kappa shape index (κ3) is 10.5. The normalized spacial score (nSPS) is 17.4. The fourth-order valence-electron chi connectivity index (χ4n) is 6.70. The molecule has 0 radical (unpaired) electrons. The highest BCUT2D eigenvalue weighted by Gasteiger charge is 2.30. The van der Waals surface area contributed by atoms with E-state index in [-0.39, 0.29) is 17.8 Å². The number of hydrogen-bond donors (Lipinski definition) is 4. The zero-order chi connectivity index (χ0) is 39.8. The number of aliphatic hydroxyl groups is 2. The lowest BCUT2D eigenvalue weighted by molar-refractivity contribution is -0.137. The number of ether oxygens (including phenoxy) is 2. The number of nitrogen functional groups attached to an aromatic ring is 1. The van der Waals surface area contributed by atoms with Crippen LogP contribution in [0, 0.1) is 0 Å². The number of anilines is 2. The lowest BCUT2D eigenvalue weighted by Gasteiger charge is -2.18. The molecule has 2 saturated heterocycles. The van der Waals surface area contributed by atoms with Crippen LogP contribution in [0.25, 0.3) is 22.5 Å². The first-order valence-electron chi connectivity index (χ1n) is 18.4. The highest BCUT2D eigenvalue weighted by atomic mass is 19.4. The van der Waals surface area contributed by atoms with Gasteiger partial charge in [-0.2, -0.15) is 23.4 Å². The fraction of sp³-hybridized carbons (Fsp3) is 0.375. The lowest BCUT2D eigenvalue weighted by atomic mass is 10.1. The number of amides is 1. The van der Waals surface area contributed by atoms with Crippen molar-refractivity contribution in [3.63, 3.8) is 0 Å². The van der Waals surface area contributed by atoms with E-state index in [1.807, 2.05) is 37.4 Å². The summed E-state index contributed by atoms with van der Waals surface area (Å²) < 4.78 is 53.8. The number of nitrogens with two attached hydrogens (primary N) is 1. The molecule has 0 bridgehead atoms. The summed E-state index contributed by atoms with van der Waals surface area (Å²) in [4.78, 5) is 16.9. The second-order valence-electron chi connectivity index (χ2n) is 13.9. The van der Waals surface area contributed by atoms with Crippen molar-refractivity contribution in [3.8, 4) is 34.0 Å². The SMILES string of the molecule is Cn1nccc1-c1cc(N)ccc1OCCN1CC[C@H](O)C1.Cn1nccc1-c1cc(NC(=O)c2ccc(C(F)(F)F)cc2)ccc1OCCN1CC[C@H](O)C1. The Kier molecular flexibility index (Phi) is 13.0. The van der Waals surface area contributed by atoms with Crippen molar-refractivity contribution in [2.45, 2.75) is 31.2 Å². The van der Waals surface area contributed by atoms with Crippen molar-refractivity contribution in [3.05, 3.63) is 96.3 Å². The molecule has 56 heavy (non-hydrogen) atoms. The summed E-state index contributed by atoms with van der Waals surface area (Å²) in [6.07, 6.45) is 0.0679. The zero-order valence-electron chi connectivity index (χ0n) is 31.3. The Morgan fingerprint density at radius 1 is 0.786 bits per heavy atom. The van der Waals surface area contributed by atoms with E-state index in [2.05, 4.69) is 25.3 Å². The Labute approximate surface area is 323 Å². The number of aryl methyl sites for hydroxylation is 2. The quantitative estimate of drug-likeness (QED) is 0.128. The topological polar surface area (TPSA) is 156 Å². The molecule has 0 aliphatic carbocycles. The standard InChI is InChI=1S/C24H25F3N4O3.C16H22N4O2/c1-30-21(8-10-28-30)20-14-18(6-7-22(20)34-13-12-31-11-9-19(32)15-31)29-23(33)16-2-4-17(5-3-16)24(25,26)27;1-19-15(4-6-18-19)14-10-12(17)2-3-16(14)22-9-8-20-7-5-13(21)11-20/h2-8,10,14,19,32H,9,11-13,15H2,1H3,(H,29,33);2-4,6,10,13,21H,5,7-9,11,17H2,1H3/t19-;13-/m00/s1. The van der Waals surface area contributed by atoms with Crippen molar-refractivity contribution in [1.29, 1.82) is 0 Å². The molecule has 3 aromatic carbocycles. The van der Waals surface area contributed by atoms with Crippen molar-refractivity contribution in [1.82, 2.24) is 29.4 Å². The predicted molar refractivity (Wildman–Crippen MR) is 206 cm³/mol. The Morgan fingerprint density at radius 3 is 1.77 bits per heavy atom. The van der Waals surface area contributed by atoms with Crippen LogP contribution in [0.2, 0.25) is 0 Å². The van der Waals surface area contributed by atoms with Crippen LogP contribution >= 0.6 is 0 Å². The predicted octanol–water partition coefficient (Wildman–Crippen LogP) is 4.92. The van der Waals surface area contributed by atoms with E-state index >= 15 is 0 Å². The number of benzene rings is 3. The molecular weight excluding hydrogens is 729 g/mol. The van der Waals surface area contributed by atoms with Crippen LogP contribution in [0.5, 0.6) is 11.5 Å². The minimum atomic E-state index is -4.46. The third-order valence-corrected chi connectivity index (χ3v) is 9.73. The summed E-state index contributed by atoms with van der Waals surface area (Å²) in [5.74, 6) is 0.888. The van der Waals surface area contributed by atoms with Crippen LogP contribution in [0.4, 0.5) is 24.5 Å². The Hall–Kier alpha value is -5.42. The van der Waals surface area contributed by atoms with Gasteiger partial charge in [0.2, 0.25) is 0 Å². The van der Waals surface area contributed by atoms with Gasteiger partial charge in [-0.15, -0.1) is 0 Å².